The van der Waals surface area contributed by atoms with Gasteiger partial charge in [-0.05, 0) is 13.3 Å². The molecule has 0 unspecified atom stereocenters. The van der Waals surface area contributed by atoms with Crippen LogP contribution >= 0.6 is 0 Å². The Bertz CT molecular complexity index is 572. The van der Waals surface area contributed by atoms with Gasteiger partial charge in [0.25, 0.3) is 0 Å². The molecule has 0 fully saturated rings. The molecule has 0 aliphatic rings. The Morgan fingerprint density at radius 2 is 2.21 bits per heavy atom. The van der Waals surface area contributed by atoms with Crippen molar-refractivity contribution < 1.29 is 9.90 Å². The quantitative estimate of drug-likeness (QED) is 0.846. The number of carboxylic acid groups (broad SMARTS) is 1. The van der Waals surface area contributed by atoms with Crippen molar-refractivity contribution in [1.29, 1.82) is 0 Å². The highest BCUT2D eigenvalue weighted by Crippen LogP contribution is 2.11. The van der Waals surface area contributed by atoms with Crippen LogP contribution in [0.4, 0.5) is 0 Å². The van der Waals surface area contributed by atoms with Crippen molar-refractivity contribution >= 4 is 5.97 Å². The maximum atomic E-state index is 11.1. The Labute approximate surface area is 110 Å². The summed E-state index contributed by atoms with van der Waals surface area (Å²) in [6.07, 6.45) is 5.19. The maximum absolute atomic E-state index is 11.1. The molecule has 0 radical (unpaired) electrons. The fraction of sp³-hybridized carbons (Fsp3) is 0.500. The lowest BCUT2D eigenvalue weighted by atomic mass is 10.2. The SMILES string of the molecule is CCCc1c(C(=O)O)nnn1Cc1cnn(CC)c1. The van der Waals surface area contributed by atoms with Gasteiger partial charge in [-0.3, -0.25) is 4.68 Å². The number of carbonyl (C=O) groups is 1. The Hall–Kier alpha value is -2.18. The number of aromatic carboxylic acids is 1. The van der Waals surface area contributed by atoms with E-state index in [4.69, 9.17) is 5.11 Å². The molecule has 2 heterocycles. The summed E-state index contributed by atoms with van der Waals surface area (Å²) in [5.74, 6) is -1.03. The van der Waals surface area contributed by atoms with E-state index < -0.39 is 5.97 Å². The van der Waals surface area contributed by atoms with Crippen LogP contribution in [-0.2, 0) is 19.5 Å². The van der Waals surface area contributed by atoms with Crippen LogP contribution in [0, 0.1) is 0 Å². The molecule has 7 heteroatoms. The van der Waals surface area contributed by atoms with Crippen molar-refractivity contribution in [3.05, 3.63) is 29.3 Å². The van der Waals surface area contributed by atoms with E-state index in [1.807, 2.05) is 24.7 Å². The van der Waals surface area contributed by atoms with Gasteiger partial charge < -0.3 is 5.11 Å². The first kappa shape index (κ1) is 13.3. The van der Waals surface area contributed by atoms with Gasteiger partial charge >= 0.3 is 5.97 Å². The second-order valence-electron chi connectivity index (χ2n) is 4.30. The predicted molar refractivity (Wildman–Crippen MR) is 68.0 cm³/mol. The largest absolute Gasteiger partial charge is 0.476 e. The highest BCUT2D eigenvalue weighted by atomic mass is 16.4. The zero-order chi connectivity index (χ0) is 13.8. The summed E-state index contributed by atoms with van der Waals surface area (Å²) < 4.78 is 3.47. The average molecular weight is 263 g/mol. The van der Waals surface area contributed by atoms with E-state index in [1.165, 1.54) is 0 Å². The van der Waals surface area contributed by atoms with E-state index in [9.17, 15) is 4.79 Å². The van der Waals surface area contributed by atoms with Gasteiger partial charge in [-0.2, -0.15) is 5.10 Å². The predicted octanol–water partition coefficient (Wildman–Crippen LogP) is 1.19. The fourth-order valence-electron chi connectivity index (χ4n) is 1.94. The van der Waals surface area contributed by atoms with Crippen LogP contribution in [0.15, 0.2) is 12.4 Å². The summed E-state index contributed by atoms with van der Waals surface area (Å²) in [6, 6.07) is 0. The molecule has 0 bridgehead atoms. The third-order valence-electron chi connectivity index (χ3n) is 2.87. The number of aromatic nitrogens is 5. The summed E-state index contributed by atoms with van der Waals surface area (Å²) in [4.78, 5) is 11.1. The second kappa shape index (κ2) is 5.64. The standard InChI is InChI=1S/C12H17N5O2/c1-3-5-10-11(12(18)19)14-15-17(10)8-9-6-13-16(4-2)7-9/h6-7H,3-5,8H2,1-2H3,(H,18,19). The highest BCUT2D eigenvalue weighted by Gasteiger charge is 2.18. The lowest BCUT2D eigenvalue weighted by molar-refractivity contribution is 0.0689. The lowest BCUT2D eigenvalue weighted by Crippen LogP contribution is -2.09. The molecule has 19 heavy (non-hydrogen) atoms. The van der Waals surface area contributed by atoms with Crippen LogP contribution in [0.5, 0.6) is 0 Å². The molecular formula is C12H17N5O2. The number of carboxylic acids is 1. The van der Waals surface area contributed by atoms with Crippen molar-refractivity contribution in [2.45, 2.75) is 39.8 Å². The van der Waals surface area contributed by atoms with Gasteiger partial charge in [0.2, 0.25) is 0 Å². The second-order valence-corrected chi connectivity index (χ2v) is 4.30. The average Bonchev–Trinajstić information content (AvgIpc) is 2.98. The van der Waals surface area contributed by atoms with E-state index in [0.29, 0.717) is 18.7 Å². The van der Waals surface area contributed by atoms with Gasteiger partial charge in [-0.15, -0.1) is 5.10 Å². The highest BCUT2D eigenvalue weighted by molar-refractivity contribution is 5.86. The Morgan fingerprint density at radius 1 is 1.42 bits per heavy atom. The van der Waals surface area contributed by atoms with Crippen LogP contribution in [0.1, 0.15) is 42.0 Å². The molecule has 0 amide bonds. The van der Waals surface area contributed by atoms with E-state index in [1.54, 1.807) is 10.9 Å². The normalized spacial score (nSPS) is 10.8. The summed E-state index contributed by atoms with van der Waals surface area (Å²) in [5.41, 5.74) is 1.70. The van der Waals surface area contributed by atoms with Crippen molar-refractivity contribution in [3.63, 3.8) is 0 Å². The van der Waals surface area contributed by atoms with Crippen LogP contribution in [-0.4, -0.2) is 35.9 Å². The number of rotatable bonds is 6. The van der Waals surface area contributed by atoms with Gasteiger partial charge in [-0.1, -0.05) is 18.6 Å². The molecule has 0 atom stereocenters. The summed E-state index contributed by atoms with van der Waals surface area (Å²) in [7, 11) is 0. The molecule has 2 aromatic rings. The molecule has 0 aliphatic heterocycles. The first-order chi connectivity index (χ1) is 9.15. The first-order valence-corrected chi connectivity index (χ1v) is 6.32. The van der Waals surface area contributed by atoms with E-state index in [-0.39, 0.29) is 5.69 Å². The van der Waals surface area contributed by atoms with E-state index >= 15 is 0 Å². The van der Waals surface area contributed by atoms with Gasteiger partial charge in [0.15, 0.2) is 5.69 Å². The third kappa shape index (κ3) is 2.81. The van der Waals surface area contributed by atoms with Crippen LogP contribution in [0.25, 0.3) is 0 Å². The minimum atomic E-state index is -1.03. The molecule has 0 spiro atoms. The molecule has 0 aromatic carbocycles. The number of hydrogen-bond acceptors (Lipinski definition) is 4. The van der Waals surface area contributed by atoms with Gasteiger partial charge in [-0.25, -0.2) is 9.48 Å². The summed E-state index contributed by atoms with van der Waals surface area (Å²) in [5, 5.41) is 20.9. The van der Waals surface area contributed by atoms with Crippen molar-refractivity contribution in [1.82, 2.24) is 24.8 Å². The van der Waals surface area contributed by atoms with Gasteiger partial charge in [0, 0.05) is 18.3 Å². The molecule has 0 saturated carbocycles. The minimum Gasteiger partial charge on any atom is -0.476 e. The Balaban J connectivity index is 2.26. The monoisotopic (exact) mass is 263 g/mol. The minimum absolute atomic E-state index is 0.0460. The first-order valence-electron chi connectivity index (χ1n) is 6.32. The molecule has 2 aromatic heterocycles. The molecule has 2 rings (SSSR count). The van der Waals surface area contributed by atoms with Crippen molar-refractivity contribution in [2.75, 3.05) is 0 Å². The topological polar surface area (TPSA) is 85.8 Å². The molecule has 0 saturated heterocycles. The van der Waals surface area contributed by atoms with Crippen LogP contribution in [0.3, 0.4) is 0 Å². The van der Waals surface area contributed by atoms with E-state index in [0.717, 1.165) is 18.5 Å². The number of aryl methyl sites for hydroxylation is 1. The molecule has 7 nitrogen and oxygen atoms in total. The zero-order valence-electron chi connectivity index (χ0n) is 11.1. The summed E-state index contributed by atoms with van der Waals surface area (Å²) in [6.45, 7) is 5.31. The van der Waals surface area contributed by atoms with Crippen LogP contribution in [0.2, 0.25) is 0 Å². The fourth-order valence-corrected chi connectivity index (χ4v) is 1.94. The number of hydrogen-bond donors (Lipinski definition) is 1. The molecule has 0 aliphatic carbocycles. The lowest BCUT2D eigenvalue weighted by Gasteiger charge is -2.04. The number of nitrogens with zero attached hydrogens (tertiary/aromatic N) is 5. The van der Waals surface area contributed by atoms with Crippen molar-refractivity contribution in [3.8, 4) is 0 Å². The molecule has 102 valence electrons. The smallest absolute Gasteiger partial charge is 0.358 e. The van der Waals surface area contributed by atoms with Gasteiger partial charge in [0.1, 0.15) is 0 Å². The third-order valence-corrected chi connectivity index (χ3v) is 2.87. The maximum Gasteiger partial charge on any atom is 0.358 e. The Kier molecular flexibility index (Phi) is 3.94. The molecule has 1 N–H and O–H groups in total. The van der Waals surface area contributed by atoms with Gasteiger partial charge in [0.05, 0.1) is 18.4 Å². The van der Waals surface area contributed by atoms with Crippen LogP contribution < -0.4 is 0 Å². The summed E-state index contributed by atoms with van der Waals surface area (Å²) >= 11 is 0. The van der Waals surface area contributed by atoms with Crippen molar-refractivity contribution in [2.24, 2.45) is 0 Å². The van der Waals surface area contributed by atoms with E-state index in [2.05, 4.69) is 15.4 Å². The zero-order valence-corrected chi connectivity index (χ0v) is 11.1. The molecular weight excluding hydrogens is 246 g/mol. The Morgan fingerprint density at radius 3 is 2.79 bits per heavy atom.